The quantitative estimate of drug-likeness (QED) is 0.582. The van der Waals surface area contributed by atoms with E-state index in [1.54, 1.807) is 6.92 Å². The number of rotatable bonds is 6. The normalized spacial score (nSPS) is 14.4. The Morgan fingerprint density at radius 1 is 1.50 bits per heavy atom. The summed E-state index contributed by atoms with van der Waals surface area (Å²) in [5, 5.41) is 18.6. The van der Waals surface area contributed by atoms with Crippen LogP contribution in [-0.2, 0) is 11.3 Å². The number of aliphatic hydroxyl groups excluding tert-OH is 2. The first-order valence-corrected chi connectivity index (χ1v) is 5.61. The van der Waals surface area contributed by atoms with Crippen molar-refractivity contribution in [3.8, 4) is 0 Å². The molecule has 1 heterocycles. The molecule has 0 aliphatic carbocycles. The summed E-state index contributed by atoms with van der Waals surface area (Å²) >= 11 is 0. The number of nitrogens with one attached hydrogen (secondary N) is 1. The van der Waals surface area contributed by atoms with Crippen molar-refractivity contribution in [1.29, 1.82) is 0 Å². The predicted octanol–water partition coefficient (Wildman–Crippen LogP) is -1.40. The van der Waals surface area contributed by atoms with Gasteiger partial charge < -0.3 is 19.5 Å². The van der Waals surface area contributed by atoms with E-state index >= 15 is 0 Å². The van der Waals surface area contributed by atoms with E-state index in [9.17, 15) is 14.7 Å². The van der Waals surface area contributed by atoms with Crippen LogP contribution in [0.15, 0.2) is 15.8 Å². The van der Waals surface area contributed by atoms with Crippen molar-refractivity contribution in [3.63, 3.8) is 0 Å². The van der Waals surface area contributed by atoms with Crippen molar-refractivity contribution < 1.29 is 14.9 Å². The predicted molar refractivity (Wildman–Crippen MR) is 64.6 cm³/mol. The molecule has 0 saturated heterocycles. The number of ether oxygens (including phenoxy) is 1. The Bertz CT molecular complexity index is 489. The van der Waals surface area contributed by atoms with Crippen molar-refractivity contribution in [1.82, 2.24) is 9.55 Å². The average Bonchev–Trinajstić information content (AvgIpc) is 2.33. The lowest BCUT2D eigenvalue weighted by molar-refractivity contribution is -0.0452. The maximum atomic E-state index is 11.5. The van der Waals surface area contributed by atoms with Crippen LogP contribution >= 0.6 is 0 Å². The zero-order valence-corrected chi connectivity index (χ0v) is 10.4. The van der Waals surface area contributed by atoms with E-state index in [4.69, 9.17) is 9.84 Å². The number of aryl methyl sites for hydroxylation is 2. The number of aromatic amines is 1. The van der Waals surface area contributed by atoms with Gasteiger partial charge in [0.05, 0.1) is 12.7 Å². The molecule has 0 fully saturated rings. The van der Waals surface area contributed by atoms with Crippen molar-refractivity contribution in [2.24, 2.45) is 0 Å². The number of nitrogens with zero attached hydrogens (tertiary/aromatic N) is 1. The van der Waals surface area contributed by atoms with E-state index in [1.165, 1.54) is 17.9 Å². The highest BCUT2D eigenvalue weighted by Crippen LogP contribution is 2.03. The van der Waals surface area contributed by atoms with Gasteiger partial charge in [0.15, 0.2) is 0 Å². The second kappa shape index (κ2) is 6.48. The van der Waals surface area contributed by atoms with Gasteiger partial charge in [0.1, 0.15) is 6.10 Å². The molecule has 7 nitrogen and oxygen atoms in total. The van der Waals surface area contributed by atoms with E-state index < -0.39 is 23.5 Å². The molecule has 102 valence electrons. The molecule has 0 spiro atoms. The molecule has 0 radical (unpaired) electrons. The summed E-state index contributed by atoms with van der Waals surface area (Å²) < 4.78 is 6.19. The van der Waals surface area contributed by atoms with Crippen LogP contribution in [-0.4, -0.2) is 45.7 Å². The van der Waals surface area contributed by atoms with Gasteiger partial charge in [0, 0.05) is 25.4 Å². The summed E-state index contributed by atoms with van der Waals surface area (Å²) in [5.41, 5.74) is -0.507. The van der Waals surface area contributed by atoms with Gasteiger partial charge in [-0.25, -0.2) is 4.79 Å². The molecular formula is C11H18N2O5. The Hall–Kier alpha value is -1.44. The highest BCUT2D eigenvalue weighted by atomic mass is 16.5. The number of aromatic nitrogens is 2. The lowest BCUT2D eigenvalue weighted by atomic mass is 10.1. The van der Waals surface area contributed by atoms with Crippen LogP contribution in [0.4, 0.5) is 0 Å². The van der Waals surface area contributed by atoms with Crippen molar-refractivity contribution in [2.75, 3.05) is 13.7 Å². The van der Waals surface area contributed by atoms with E-state index in [1.807, 2.05) is 0 Å². The third-order valence-electron chi connectivity index (χ3n) is 2.77. The van der Waals surface area contributed by atoms with E-state index in [2.05, 4.69) is 4.98 Å². The van der Waals surface area contributed by atoms with Gasteiger partial charge in [-0.2, -0.15) is 0 Å². The Morgan fingerprint density at radius 3 is 2.72 bits per heavy atom. The summed E-state index contributed by atoms with van der Waals surface area (Å²) in [6.07, 6.45) is 0.128. The average molecular weight is 258 g/mol. The van der Waals surface area contributed by atoms with Crippen LogP contribution in [0.5, 0.6) is 0 Å². The standard InChI is InChI=1S/C11H18N2O5/c1-7-5-13(11(17)12-10(7)16)4-3-8(15)9(6-14)18-2/h5,8-9,14-15H,3-4,6H2,1-2H3,(H,12,16,17)/t8-,9-/m0/s1. The fourth-order valence-corrected chi connectivity index (χ4v) is 1.60. The maximum Gasteiger partial charge on any atom is 0.328 e. The lowest BCUT2D eigenvalue weighted by Gasteiger charge is -2.19. The van der Waals surface area contributed by atoms with Gasteiger partial charge in [-0.15, -0.1) is 0 Å². The van der Waals surface area contributed by atoms with Crippen LogP contribution in [0, 0.1) is 6.92 Å². The third kappa shape index (κ3) is 3.52. The zero-order chi connectivity index (χ0) is 13.7. The SMILES string of the molecule is CO[C@@H](CO)[C@@H](O)CCn1cc(C)c(=O)[nH]c1=O. The van der Waals surface area contributed by atoms with Gasteiger partial charge in [-0.05, 0) is 13.3 Å². The number of methoxy groups -OCH3 is 1. The minimum atomic E-state index is -0.876. The number of hydrogen-bond donors (Lipinski definition) is 3. The molecule has 0 amide bonds. The Kier molecular flexibility index (Phi) is 5.26. The Balaban J connectivity index is 2.72. The lowest BCUT2D eigenvalue weighted by Crippen LogP contribution is -2.35. The molecule has 0 aromatic carbocycles. The summed E-state index contributed by atoms with van der Waals surface area (Å²) in [7, 11) is 1.39. The smallest absolute Gasteiger partial charge is 0.328 e. The molecule has 0 aliphatic rings. The molecule has 7 heteroatoms. The molecule has 18 heavy (non-hydrogen) atoms. The topological polar surface area (TPSA) is 105 Å². The van der Waals surface area contributed by atoms with E-state index in [0.29, 0.717) is 5.56 Å². The highest BCUT2D eigenvalue weighted by Gasteiger charge is 2.17. The van der Waals surface area contributed by atoms with Crippen molar-refractivity contribution in [2.45, 2.75) is 32.1 Å². The minimum absolute atomic E-state index is 0.234. The number of hydrogen-bond acceptors (Lipinski definition) is 5. The maximum absolute atomic E-state index is 11.5. The summed E-state index contributed by atoms with van der Waals surface area (Å²) in [5.74, 6) is 0. The van der Waals surface area contributed by atoms with Crippen LogP contribution < -0.4 is 11.2 Å². The van der Waals surface area contributed by atoms with Gasteiger partial charge in [-0.3, -0.25) is 9.78 Å². The fraction of sp³-hybridized carbons (Fsp3) is 0.636. The van der Waals surface area contributed by atoms with Gasteiger partial charge in [0.2, 0.25) is 0 Å². The molecule has 1 aromatic rings. The highest BCUT2D eigenvalue weighted by molar-refractivity contribution is 5.00. The first-order chi connectivity index (χ1) is 8.49. The van der Waals surface area contributed by atoms with Gasteiger partial charge >= 0.3 is 5.69 Å². The Labute approximate surface area is 104 Å². The largest absolute Gasteiger partial charge is 0.394 e. The summed E-state index contributed by atoms with van der Waals surface area (Å²) in [4.78, 5) is 24.8. The van der Waals surface area contributed by atoms with Crippen LogP contribution in [0.3, 0.4) is 0 Å². The first kappa shape index (κ1) is 14.6. The second-order valence-corrected chi connectivity index (χ2v) is 4.08. The molecule has 1 aromatic heterocycles. The van der Waals surface area contributed by atoms with Crippen molar-refractivity contribution in [3.05, 3.63) is 32.6 Å². The van der Waals surface area contributed by atoms with Gasteiger partial charge in [0.25, 0.3) is 5.56 Å². The number of H-pyrrole nitrogens is 1. The van der Waals surface area contributed by atoms with Crippen LogP contribution in [0.25, 0.3) is 0 Å². The molecule has 1 rings (SSSR count). The molecular weight excluding hydrogens is 240 g/mol. The molecule has 0 saturated carbocycles. The molecule has 0 bridgehead atoms. The minimum Gasteiger partial charge on any atom is -0.394 e. The Morgan fingerprint density at radius 2 is 2.17 bits per heavy atom. The van der Waals surface area contributed by atoms with E-state index in [-0.39, 0.29) is 19.6 Å². The fourth-order valence-electron chi connectivity index (χ4n) is 1.60. The molecule has 0 aliphatic heterocycles. The first-order valence-electron chi connectivity index (χ1n) is 5.61. The van der Waals surface area contributed by atoms with Crippen LogP contribution in [0.2, 0.25) is 0 Å². The number of aliphatic hydroxyl groups is 2. The summed E-state index contributed by atoms with van der Waals surface area (Å²) in [6.45, 7) is 1.53. The third-order valence-corrected chi connectivity index (χ3v) is 2.77. The monoisotopic (exact) mass is 258 g/mol. The molecule has 3 N–H and O–H groups in total. The summed E-state index contributed by atoms with van der Waals surface area (Å²) in [6, 6.07) is 0. The van der Waals surface area contributed by atoms with E-state index in [0.717, 1.165) is 0 Å². The van der Waals surface area contributed by atoms with Crippen molar-refractivity contribution >= 4 is 0 Å². The second-order valence-electron chi connectivity index (χ2n) is 4.08. The van der Waals surface area contributed by atoms with Gasteiger partial charge in [-0.1, -0.05) is 0 Å². The molecule has 2 atom stereocenters. The van der Waals surface area contributed by atoms with Crippen LogP contribution in [0.1, 0.15) is 12.0 Å². The molecule has 0 unspecified atom stereocenters. The zero-order valence-electron chi connectivity index (χ0n) is 10.4.